The summed E-state index contributed by atoms with van der Waals surface area (Å²) in [5.74, 6) is 0.703. The summed E-state index contributed by atoms with van der Waals surface area (Å²) in [5.41, 5.74) is -0.263. The van der Waals surface area contributed by atoms with E-state index in [1.165, 1.54) is 17.0 Å². The van der Waals surface area contributed by atoms with E-state index in [1.54, 1.807) is 13.2 Å². The zero-order chi connectivity index (χ0) is 13.4. The molecule has 19 heavy (non-hydrogen) atoms. The highest BCUT2D eigenvalue weighted by Gasteiger charge is 2.27. The maximum Gasteiger partial charge on any atom is 0.301 e. The summed E-state index contributed by atoms with van der Waals surface area (Å²) in [6, 6.07) is 1.30. The number of nitrogens with zero attached hydrogens (tertiary/aromatic N) is 3. The maximum absolute atomic E-state index is 11.9. The van der Waals surface area contributed by atoms with Crippen molar-refractivity contribution in [1.29, 1.82) is 0 Å². The van der Waals surface area contributed by atoms with Gasteiger partial charge < -0.3 is 8.98 Å². The van der Waals surface area contributed by atoms with Crippen LogP contribution in [-0.4, -0.2) is 20.4 Å². The Bertz CT molecular complexity index is 684. The largest absolute Gasteiger partial charge is 0.428 e. The second-order valence-electron chi connectivity index (χ2n) is 4.52. The summed E-state index contributed by atoms with van der Waals surface area (Å²) in [4.78, 5) is 31.1. The van der Waals surface area contributed by atoms with Crippen molar-refractivity contribution in [3.63, 3.8) is 0 Å². The van der Waals surface area contributed by atoms with Crippen LogP contribution in [0.25, 0.3) is 0 Å². The van der Waals surface area contributed by atoms with Crippen molar-refractivity contribution in [3.05, 3.63) is 40.4 Å². The van der Waals surface area contributed by atoms with Gasteiger partial charge in [0.15, 0.2) is 0 Å². The van der Waals surface area contributed by atoms with Crippen LogP contribution in [0.4, 0.5) is 6.01 Å². The molecule has 0 aliphatic heterocycles. The summed E-state index contributed by atoms with van der Waals surface area (Å²) in [6.07, 6.45) is 5.10. The van der Waals surface area contributed by atoms with Gasteiger partial charge in [0.1, 0.15) is 11.5 Å². The molecule has 98 valence electrons. The van der Waals surface area contributed by atoms with E-state index >= 15 is 0 Å². The third-order valence-corrected chi connectivity index (χ3v) is 2.93. The molecule has 2 aromatic heterocycles. The minimum Gasteiger partial charge on any atom is -0.428 e. The van der Waals surface area contributed by atoms with Gasteiger partial charge in [0.2, 0.25) is 0 Å². The number of aryl methyl sites for hydroxylation is 1. The zero-order valence-electron chi connectivity index (χ0n) is 10.3. The molecule has 0 saturated heterocycles. The van der Waals surface area contributed by atoms with Gasteiger partial charge in [0, 0.05) is 19.0 Å². The van der Waals surface area contributed by atoms with Crippen LogP contribution in [-0.2, 0) is 7.05 Å². The van der Waals surface area contributed by atoms with E-state index in [-0.39, 0.29) is 17.3 Å². The lowest BCUT2D eigenvalue weighted by Crippen LogP contribution is -2.22. The van der Waals surface area contributed by atoms with Crippen molar-refractivity contribution in [3.8, 4) is 0 Å². The van der Waals surface area contributed by atoms with Crippen LogP contribution in [0.3, 0.4) is 0 Å². The smallest absolute Gasteiger partial charge is 0.301 e. The molecule has 3 rings (SSSR count). The average molecular weight is 260 g/mol. The lowest BCUT2D eigenvalue weighted by atomic mass is 10.3. The van der Waals surface area contributed by atoms with Crippen molar-refractivity contribution in [1.82, 2.24) is 14.5 Å². The van der Waals surface area contributed by atoms with E-state index in [4.69, 9.17) is 4.42 Å². The number of hydrogen-bond acceptors (Lipinski definition) is 5. The van der Waals surface area contributed by atoms with Crippen LogP contribution in [0.5, 0.6) is 0 Å². The summed E-state index contributed by atoms with van der Waals surface area (Å²) >= 11 is 0. The Morgan fingerprint density at radius 2 is 2.26 bits per heavy atom. The zero-order valence-corrected chi connectivity index (χ0v) is 10.3. The lowest BCUT2D eigenvalue weighted by molar-refractivity contribution is 0.101. The molecule has 0 unspecified atom stereocenters. The summed E-state index contributed by atoms with van der Waals surface area (Å²) < 4.78 is 6.68. The molecule has 1 aliphatic carbocycles. The number of hydrogen-bond donors (Lipinski definition) is 1. The Hall–Kier alpha value is -2.44. The van der Waals surface area contributed by atoms with Crippen LogP contribution in [0.1, 0.15) is 35.0 Å². The molecule has 0 radical (unpaired) electrons. The average Bonchev–Trinajstić information content (AvgIpc) is 3.14. The third kappa shape index (κ3) is 2.40. The van der Waals surface area contributed by atoms with Gasteiger partial charge in [-0.15, -0.1) is 0 Å². The highest BCUT2D eigenvalue weighted by Crippen LogP contribution is 2.40. The third-order valence-electron chi connectivity index (χ3n) is 2.93. The molecule has 2 aromatic rings. The Labute approximate surface area is 108 Å². The summed E-state index contributed by atoms with van der Waals surface area (Å²) in [7, 11) is 1.56. The van der Waals surface area contributed by atoms with E-state index in [2.05, 4.69) is 15.3 Å². The Kier molecular flexibility index (Phi) is 2.66. The lowest BCUT2D eigenvalue weighted by Gasteiger charge is -2.01. The highest BCUT2D eigenvalue weighted by atomic mass is 16.4. The van der Waals surface area contributed by atoms with Gasteiger partial charge in [-0.05, 0) is 12.8 Å². The number of carbonyl (C=O) groups is 1. The van der Waals surface area contributed by atoms with Gasteiger partial charge in [0.05, 0.1) is 12.5 Å². The number of anilines is 1. The molecule has 7 nitrogen and oxygen atoms in total. The molecule has 0 aromatic carbocycles. The van der Waals surface area contributed by atoms with E-state index in [0.717, 1.165) is 18.6 Å². The number of rotatable bonds is 3. The van der Waals surface area contributed by atoms with Gasteiger partial charge in [-0.25, -0.2) is 9.97 Å². The van der Waals surface area contributed by atoms with Gasteiger partial charge >= 0.3 is 6.01 Å². The predicted molar refractivity (Wildman–Crippen MR) is 65.9 cm³/mol. The van der Waals surface area contributed by atoms with Crippen molar-refractivity contribution in [2.75, 3.05) is 5.32 Å². The molecule has 1 N–H and O–H groups in total. The number of aromatic nitrogens is 3. The van der Waals surface area contributed by atoms with Crippen LogP contribution in [0.15, 0.2) is 27.8 Å². The molecule has 7 heteroatoms. The second-order valence-corrected chi connectivity index (χ2v) is 4.52. The van der Waals surface area contributed by atoms with Crippen LogP contribution in [0.2, 0.25) is 0 Å². The van der Waals surface area contributed by atoms with E-state index < -0.39 is 5.91 Å². The second kappa shape index (κ2) is 4.34. The SMILES string of the molecule is Cn1cnc(C(=O)Nc2ncc(C3CC3)o2)cc1=O. The Balaban J connectivity index is 1.75. The fraction of sp³-hybridized carbons (Fsp3) is 0.333. The number of carbonyl (C=O) groups excluding carboxylic acids is 1. The number of amides is 1. The Morgan fingerprint density at radius 3 is 2.95 bits per heavy atom. The topological polar surface area (TPSA) is 90.0 Å². The fourth-order valence-electron chi connectivity index (χ4n) is 1.65. The van der Waals surface area contributed by atoms with Crippen LogP contribution >= 0.6 is 0 Å². The van der Waals surface area contributed by atoms with Gasteiger partial charge in [-0.1, -0.05) is 0 Å². The normalized spacial score (nSPS) is 14.4. The quantitative estimate of drug-likeness (QED) is 0.885. The van der Waals surface area contributed by atoms with Crippen molar-refractivity contribution >= 4 is 11.9 Å². The number of nitrogens with one attached hydrogen (secondary N) is 1. The first-order chi connectivity index (χ1) is 9.13. The van der Waals surface area contributed by atoms with E-state index in [1.807, 2.05) is 0 Å². The van der Waals surface area contributed by atoms with E-state index in [9.17, 15) is 9.59 Å². The fourth-order valence-corrected chi connectivity index (χ4v) is 1.65. The monoisotopic (exact) mass is 260 g/mol. The molecule has 2 heterocycles. The van der Waals surface area contributed by atoms with Crippen molar-refractivity contribution in [2.45, 2.75) is 18.8 Å². The van der Waals surface area contributed by atoms with Crippen LogP contribution < -0.4 is 10.9 Å². The molecule has 0 atom stereocenters. The van der Waals surface area contributed by atoms with E-state index in [0.29, 0.717) is 5.92 Å². The molecule has 1 fully saturated rings. The first-order valence-corrected chi connectivity index (χ1v) is 5.93. The van der Waals surface area contributed by atoms with Gasteiger partial charge in [-0.2, -0.15) is 0 Å². The predicted octanol–water partition coefficient (Wildman–Crippen LogP) is 0.898. The molecular formula is C12H12N4O3. The number of oxazole rings is 1. The first kappa shape index (κ1) is 11.6. The van der Waals surface area contributed by atoms with Crippen LogP contribution in [0, 0.1) is 0 Å². The first-order valence-electron chi connectivity index (χ1n) is 5.93. The summed E-state index contributed by atoms with van der Waals surface area (Å²) in [5, 5.41) is 2.48. The molecule has 1 aliphatic rings. The Morgan fingerprint density at radius 1 is 1.47 bits per heavy atom. The minimum atomic E-state index is -0.512. The minimum absolute atomic E-state index is 0.0364. The molecule has 1 saturated carbocycles. The molecule has 0 spiro atoms. The van der Waals surface area contributed by atoms with Crippen molar-refractivity contribution < 1.29 is 9.21 Å². The molecule has 1 amide bonds. The highest BCUT2D eigenvalue weighted by molar-refractivity contribution is 6.01. The van der Waals surface area contributed by atoms with Gasteiger partial charge in [0.25, 0.3) is 11.5 Å². The van der Waals surface area contributed by atoms with Crippen molar-refractivity contribution in [2.24, 2.45) is 7.05 Å². The van der Waals surface area contributed by atoms with Gasteiger partial charge in [-0.3, -0.25) is 14.9 Å². The maximum atomic E-state index is 11.9. The standard InChI is InChI=1S/C12H12N4O3/c1-16-6-14-8(4-10(16)17)11(18)15-12-13-5-9(19-12)7-2-3-7/h4-7H,2-3H2,1H3,(H,13,15,18). The molecular weight excluding hydrogens is 248 g/mol. The molecule has 0 bridgehead atoms. The summed E-state index contributed by atoms with van der Waals surface area (Å²) in [6.45, 7) is 0.